The molecule has 1 amide bonds. The third kappa shape index (κ3) is 3.31. The number of alkyl halides is 3. The lowest BCUT2D eigenvalue weighted by atomic mass is 10.2. The summed E-state index contributed by atoms with van der Waals surface area (Å²) < 4.78 is 35.8. The summed E-state index contributed by atoms with van der Waals surface area (Å²) in [6.07, 6.45) is -5.12. The van der Waals surface area contributed by atoms with Crippen LogP contribution in [-0.4, -0.2) is 17.0 Å². The monoisotopic (exact) mass is 268 g/mol. The SMILES string of the molecule is O=C(Nc1ccc(Cl)cc1[N+](=O)[O-])C(F)(F)F. The molecule has 0 aliphatic rings. The zero-order valence-electron chi connectivity index (χ0n) is 7.92. The molecule has 0 aliphatic heterocycles. The summed E-state index contributed by atoms with van der Waals surface area (Å²) in [5.74, 6) is -2.29. The standard InChI is InChI=1S/C8H4ClF3N2O3/c9-4-1-2-5(6(3-4)14(16)17)13-7(15)8(10,11)12/h1-3H,(H,13,15). The molecule has 0 unspecified atom stereocenters. The van der Waals surface area contributed by atoms with Gasteiger partial charge in [0.05, 0.1) is 4.92 Å². The van der Waals surface area contributed by atoms with E-state index in [2.05, 4.69) is 0 Å². The van der Waals surface area contributed by atoms with Crippen LogP contribution in [-0.2, 0) is 4.79 Å². The first-order valence-electron chi connectivity index (χ1n) is 4.04. The Labute approximate surface area is 97.3 Å². The molecule has 0 aliphatic carbocycles. The van der Waals surface area contributed by atoms with E-state index in [-0.39, 0.29) is 5.02 Å². The van der Waals surface area contributed by atoms with E-state index in [0.717, 1.165) is 18.2 Å². The minimum atomic E-state index is -5.12. The fourth-order valence-corrected chi connectivity index (χ4v) is 1.12. The van der Waals surface area contributed by atoms with Crippen LogP contribution >= 0.6 is 11.6 Å². The Balaban J connectivity index is 3.07. The van der Waals surface area contributed by atoms with Crippen molar-refractivity contribution in [1.82, 2.24) is 0 Å². The highest BCUT2D eigenvalue weighted by molar-refractivity contribution is 6.31. The Morgan fingerprint density at radius 2 is 2.00 bits per heavy atom. The summed E-state index contributed by atoms with van der Waals surface area (Å²) in [6.45, 7) is 0. The van der Waals surface area contributed by atoms with Crippen LogP contribution in [0, 0.1) is 10.1 Å². The fourth-order valence-electron chi connectivity index (χ4n) is 0.955. The number of carbonyl (C=O) groups excluding carboxylic acids is 1. The van der Waals surface area contributed by atoms with E-state index in [1.165, 1.54) is 5.32 Å². The van der Waals surface area contributed by atoms with Crippen molar-refractivity contribution in [3.8, 4) is 0 Å². The van der Waals surface area contributed by atoms with Gasteiger partial charge >= 0.3 is 12.1 Å². The van der Waals surface area contributed by atoms with Gasteiger partial charge in [-0.15, -0.1) is 0 Å². The highest BCUT2D eigenvalue weighted by Gasteiger charge is 2.39. The summed E-state index contributed by atoms with van der Waals surface area (Å²) >= 11 is 5.45. The second-order valence-electron chi connectivity index (χ2n) is 2.87. The van der Waals surface area contributed by atoms with Crippen molar-refractivity contribution in [1.29, 1.82) is 0 Å². The molecule has 0 spiro atoms. The maximum absolute atomic E-state index is 11.9. The van der Waals surface area contributed by atoms with Gasteiger partial charge in [0.25, 0.3) is 5.69 Å². The molecule has 0 saturated carbocycles. The van der Waals surface area contributed by atoms with Crippen molar-refractivity contribution < 1.29 is 22.9 Å². The number of amides is 1. The number of nitro benzene ring substituents is 1. The molecule has 9 heteroatoms. The Kier molecular flexibility index (Phi) is 3.56. The van der Waals surface area contributed by atoms with Gasteiger partial charge in [-0.2, -0.15) is 13.2 Å². The molecule has 0 heterocycles. The van der Waals surface area contributed by atoms with Crippen molar-refractivity contribution in [2.75, 3.05) is 5.32 Å². The van der Waals surface area contributed by atoms with Gasteiger partial charge in [0, 0.05) is 11.1 Å². The van der Waals surface area contributed by atoms with Crippen molar-refractivity contribution >= 4 is 28.9 Å². The van der Waals surface area contributed by atoms with E-state index in [0.29, 0.717) is 0 Å². The molecule has 0 bridgehead atoms. The molecular formula is C8H4ClF3N2O3. The summed E-state index contributed by atoms with van der Waals surface area (Å²) in [5.41, 5.74) is -1.28. The lowest BCUT2D eigenvalue weighted by Gasteiger charge is -2.08. The number of hydrogen-bond donors (Lipinski definition) is 1. The molecule has 1 aromatic rings. The summed E-state index contributed by atoms with van der Waals surface area (Å²) in [6, 6.07) is 2.89. The van der Waals surface area contributed by atoms with Crippen molar-refractivity contribution in [3.63, 3.8) is 0 Å². The molecule has 1 rings (SSSR count). The average Bonchev–Trinajstić information content (AvgIpc) is 2.18. The number of nitrogens with one attached hydrogen (secondary N) is 1. The summed E-state index contributed by atoms with van der Waals surface area (Å²) in [5, 5.41) is 11.9. The number of carbonyl (C=O) groups is 1. The minimum absolute atomic E-state index is 0.0262. The number of hydrogen-bond acceptors (Lipinski definition) is 3. The zero-order valence-corrected chi connectivity index (χ0v) is 8.67. The molecule has 0 aromatic heterocycles. The van der Waals surface area contributed by atoms with Gasteiger partial charge in [-0.25, -0.2) is 0 Å². The molecule has 17 heavy (non-hydrogen) atoms. The molecule has 92 valence electrons. The quantitative estimate of drug-likeness (QED) is 0.662. The largest absolute Gasteiger partial charge is 0.471 e. The first-order chi connectivity index (χ1) is 7.71. The second kappa shape index (κ2) is 4.58. The molecule has 0 fully saturated rings. The van der Waals surface area contributed by atoms with Gasteiger partial charge in [-0.3, -0.25) is 14.9 Å². The summed E-state index contributed by atoms with van der Waals surface area (Å²) in [7, 11) is 0. The molecule has 5 nitrogen and oxygen atoms in total. The van der Waals surface area contributed by atoms with E-state index >= 15 is 0 Å². The van der Waals surface area contributed by atoms with Gasteiger partial charge in [0.2, 0.25) is 0 Å². The first-order valence-corrected chi connectivity index (χ1v) is 4.41. The Bertz CT molecular complexity index is 476. The van der Waals surface area contributed by atoms with Crippen molar-refractivity contribution in [2.24, 2.45) is 0 Å². The lowest BCUT2D eigenvalue weighted by Crippen LogP contribution is -2.30. The predicted molar refractivity (Wildman–Crippen MR) is 52.8 cm³/mol. The molecule has 1 N–H and O–H groups in total. The van der Waals surface area contributed by atoms with E-state index in [1.54, 1.807) is 0 Å². The van der Waals surface area contributed by atoms with Crippen molar-refractivity contribution in [3.05, 3.63) is 33.3 Å². The third-order valence-corrected chi connectivity index (χ3v) is 1.90. The molecular weight excluding hydrogens is 265 g/mol. The van der Waals surface area contributed by atoms with E-state index in [9.17, 15) is 28.1 Å². The summed E-state index contributed by atoms with van der Waals surface area (Å²) in [4.78, 5) is 20.2. The number of nitro groups is 1. The van der Waals surface area contributed by atoms with Gasteiger partial charge in [-0.05, 0) is 12.1 Å². The predicted octanol–water partition coefficient (Wildman–Crippen LogP) is 2.75. The van der Waals surface area contributed by atoms with E-state index in [1.807, 2.05) is 0 Å². The fraction of sp³-hybridized carbons (Fsp3) is 0.125. The Morgan fingerprint density at radius 1 is 1.41 bits per heavy atom. The molecule has 1 aromatic carbocycles. The first kappa shape index (κ1) is 13.2. The van der Waals surface area contributed by atoms with Crippen LogP contribution in [0.2, 0.25) is 5.02 Å². The van der Waals surface area contributed by atoms with Crippen LogP contribution in [0.1, 0.15) is 0 Å². The van der Waals surface area contributed by atoms with Crippen LogP contribution in [0.15, 0.2) is 18.2 Å². The topological polar surface area (TPSA) is 72.2 Å². The Morgan fingerprint density at radius 3 is 2.47 bits per heavy atom. The van der Waals surface area contributed by atoms with E-state index < -0.39 is 28.4 Å². The molecule has 0 saturated heterocycles. The highest BCUT2D eigenvalue weighted by atomic mass is 35.5. The van der Waals surface area contributed by atoms with Gasteiger partial charge in [0.15, 0.2) is 0 Å². The third-order valence-electron chi connectivity index (χ3n) is 1.66. The number of rotatable bonds is 2. The number of nitrogens with zero attached hydrogens (tertiary/aromatic N) is 1. The van der Waals surface area contributed by atoms with Crippen LogP contribution in [0.5, 0.6) is 0 Å². The second-order valence-corrected chi connectivity index (χ2v) is 3.31. The van der Waals surface area contributed by atoms with Gasteiger partial charge < -0.3 is 5.32 Å². The normalized spacial score (nSPS) is 11.1. The zero-order chi connectivity index (χ0) is 13.2. The molecule has 0 radical (unpaired) electrons. The van der Waals surface area contributed by atoms with Crippen LogP contribution in [0.4, 0.5) is 24.5 Å². The Hall–Kier alpha value is -1.83. The van der Waals surface area contributed by atoms with Crippen LogP contribution in [0.3, 0.4) is 0 Å². The highest BCUT2D eigenvalue weighted by Crippen LogP contribution is 2.29. The van der Waals surface area contributed by atoms with Crippen LogP contribution in [0.25, 0.3) is 0 Å². The van der Waals surface area contributed by atoms with E-state index in [4.69, 9.17) is 11.6 Å². The van der Waals surface area contributed by atoms with Gasteiger partial charge in [0.1, 0.15) is 5.69 Å². The van der Waals surface area contributed by atoms with Crippen LogP contribution < -0.4 is 5.32 Å². The maximum atomic E-state index is 11.9. The number of halogens is 4. The number of benzene rings is 1. The number of anilines is 1. The smallest absolute Gasteiger partial charge is 0.312 e. The molecule has 0 atom stereocenters. The van der Waals surface area contributed by atoms with Gasteiger partial charge in [-0.1, -0.05) is 11.6 Å². The maximum Gasteiger partial charge on any atom is 0.471 e. The lowest BCUT2D eigenvalue weighted by molar-refractivity contribution is -0.383. The minimum Gasteiger partial charge on any atom is -0.312 e. The average molecular weight is 269 g/mol. The van der Waals surface area contributed by atoms with Crippen molar-refractivity contribution in [2.45, 2.75) is 6.18 Å².